The van der Waals surface area contributed by atoms with Crippen LogP contribution in [0.15, 0.2) is 18.2 Å². The van der Waals surface area contributed by atoms with Crippen molar-refractivity contribution in [1.82, 2.24) is 4.90 Å². The van der Waals surface area contributed by atoms with Gasteiger partial charge in [0.2, 0.25) is 5.91 Å². The summed E-state index contributed by atoms with van der Waals surface area (Å²) in [7, 11) is 0. The summed E-state index contributed by atoms with van der Waals surface area (Å²) in [6.07, 6.45) is 0.773. The van der Waals surface area contributed by atoms with E-state index < -0.39 is 11.4 Å². The Hall–Kier alpha value is -2.04. The van der Waals surface area contributed by atoms with Crippen molar-refractivity contribution in [1.29, 1.82) is 0 Å². The van der Waals surface area contributed by atoms with Gasteiger partial charge >= 0.3 is 5.97 Å². The van der Waals surface area contributed by atoms with E-state index in [1.165, 1.54) is 5.56 Å². The third kappa shape index (κ3) is 3.59. The van der Waals surface area contributed by atoms with Crippen molar-refractivity contribution < 1.29 is 19.4 Å². The number of aliphatic carboxylic acids is 1. The van der Waals surface area contributed by atoms with Crippen LogP contribution in [-0.4, -0.2) is 41.6 Å². The molecule has 1 heterocycles. The van der Waals surface area contributed by atoms with Gasteiger partial charge in [-0.2, -0.15) is 0 Å². The fourth-order valence-electron chi connectivity index (χ4n) is 2.57. The number of hydrogen-bond acceptors (Lipinski definition) is 3. The first-order valence-corrected chi connectivity index (χ1v) is 7.53. The van der Waals surface area contributed by atoms with Crippen molar-refractivity contribution in [3.8, 4) is 5.75 Å². The summed E-state index contributed by atoms with van der Waals surface area (Å²) in [5.41, 5.74) is 1.54. The summed E-state index contributed by atoms with van der Waals surface area (Å²) >= 11 is 0. The van der Waals surface area contributed by atoms with Gasteiger partial charge in [-0.05, 0) is 50.5 Å². The van der Waals surface area contributed by atoms with Crippen molar-refractivity contribution in [2.24, 2.45) is 5.41 Å². The van der Waals surface area contributed by atoms with Gasteiger partial charge in [0.15, 0.2) is 0 Å². The Labute approximate surface area is 130 Å². The smallest absolute Gasteiger partial charge is 0.311 e. The Morgan fingerprint density at radius 3 is 2.64 bits per heavy atom. The van der Waals surface area contributed by atoms with Gasteiger partial charge in [-0.1, -0.05) is 6.07 Å². The van der Waals surface area contributed by atoms with Gasteiger partial charge in [0.25, 0.3) is 0 Å². The molecule has 0 aromatic heterocycles. The molecular weight excluding hydrogens is 282 g/mol. The van der Waals surface area contributed by atoms with Crippen LogP contribution in [-0.2, 0) is 9.59 Å². The molecule has 22 heavy (non-hydrogen) atoms. The molecule has 0 bridgehead atoms. The number of aryl methyl sites for hydroxylation is 2. The Balaban J connectivity index is 1.81. The minimum Gasteiger partial charge on any atom is -0.493 e. The quantitative estimate of drug-likeness (QED) is 0.907. The van der Waals surface area contributed by atoms with Gasteiger partial charge in [-0.15, -0.1) is 0 Å². The lowest BCUT2D eigenvalue weighted by Gasteiger charge is -2.20. The van der Waals surface area contributed by atoms with Crippen LogP contribution in [0.25, 0.3) is 0 Å². The van der Waals surface area contributed by atoms with E-state index in [0.717, 1.165) is 11.3 Å². The highest BCUT2D eigenvalue weighted by atomic mass is 16.5. The summed E-state index contributed by atoms with van der Waals surface area (Å²) in [4.78, 5) is 24.9. The molecule has 0 saturated carbocycles. The van der Waals surface area contributed by atoms with E-state index in [4.69, 9.17) is 4.74 Å². The van der Waals surface area contributed by atoms with Crippen LogP contribution in [0.1, 0.15) is 30.9 Å². The summed E-state index contributed by atoms with van der Waals surface area (Å²) in [6, 6.07) is 5.84. The largest absolute Gasteiger partial charge is 0.493 e. The van der Waals surface area contributed by atoms with E-state index in [2.05, 4.69) is 0 Å². The van der Waals surface area contributed by atoms with Crippen LogP contribution in [0.4, 0.5) is 0 Å². The maximum atomic E-state index is 12.1. The SMILES string of the molecule is Cc1ccc(OCCC(=O)N2CC[C@](C)(C(=O)O)C2)cc1C. The normalized spacial score (nSPS) is 21.0. The average Bonchev–Trinajstić information content (AvgIpc) is 2.87. The highest BCUT2D eigenvalue weighted by Gasteiger charge is 2.41. The second-order valence-corrected chi connectivity index (χ2v) is 6.28. The van der Waals surface area contributed by atoms with Crippen LogP contribution in [0, 0.1) is 19.3 Å². The van der Waals surface area contributed by atoms with E-state index in [0.29, 0.717) is 19.6 Å². The van der Waals surface area contributed by atoms with Gasteiger partial charge in [0, 0.05) is 13.1 Å². The Bertz CT molecular complexity index is 584. The lowest BCUT2D eigenvalue weighted by molar-refractivity contribution is -0.147. The number of carbonyl (C=O) groups excluding carboxylic acids is 1. The Morgan fingerprint density at radius 1 is 1.32 bits per heavy atom. The molecule has 0 aliphatic carbocycles. The van der Waals surface area contributed by atoms with E-state index in [-0.39, 0.29) is 18.9 Å². The third-order valence-corrected chi connectivity index (χ3v) is 4.41. The number of nitrogens with zero attached hydrogens (tertiary/aromatic N) is 1. The molecule has 1 amide bonds. The minimum absolute atomic E-state index is 0.0474. The van der Waals surface area contributed by atoms with Crippen molar-refractivity contribution in [3.63, 3.8) is 0 Å². The third-order valence-electron chi connectivity index (χ3n) is 4.41. The maximum absolute atomic E-state index is 12.1. The Kier molecular flexibility index (Phi) is 4.74. The van der Waals surface area contributed by atoms with E-state index in [1.807, 2.05) is 32.0 Å². The number of likely N-dealkylation sites (tertiary alicyclic amines) is 1. The molecule has 5 heteroatoms. The molecule has 1 saturated heterocycles. The van der Waals surface area contributed by atoms with Crippen LogP contribution < -0.4 is 4.74 Å². The zero-order chi connectivity index (χ0) is 16.3. The van der Waals surface area contributed by atoms with E-state index in [1.54, 1.807) is 11.8 Å². The zero-order valence-corrected chi connectivity index (χ0v) is 13.4. The number of benzene rings is 1. The highest BCUT2D eigenvalue weighted by Crippen LogP contribution is 2.30. The molecule has 1 fully saturated rings. The monoisotopic (exact) mass is 305 g/mol. The van der Waals surface area contributed by atoms with E-state index in [9.17, 15) is 14.7 Å². The van der Waals surface area contributed by atoms with Crippen LogP contribution >= 0.6 is 0 Å². The standard InChI is InChI=1S/C17H23NO4/c1-12-4-5-14(10-13(12)2)22-9-6-15(19)18-8-7-17(3,11-18)16(20)21/h4-5,10H,6-9,11H2,1-3H3,(H,20,21)/t17-/m0/s1. The predicted octanol–water partition coefficient (Wildman–Crippen LogP) is 2.40. The first-order valence-electron chi connectivity index (χ1n) is 7.53. The number of hydrogen-bond donors (Lipinski definition) is 1. The van der Waals surface area contributed by atoms with Gasteiger partial charge < -0.3 is 14.7 Å². The zero-order valence-electron chi connectivity index (χ0n) is 13.4. The second kappa shape index (κ2) is 6.38. The molecule has 1 N–H and O–H groups in total. The maximum Gasteiger partial charge on any atom is 0.311 e. The van der Waals surface area contributed by atoms with Crippen LogP contribution in [0.3, 0.4) is 0 Å². The molecule has 0 unspecified atom stereocenters. The van der Waals surface area contributed by atoms with Crippen molar-refractivity contribution in [3.05, 3.63) is 29.3 Å². The van der Waals surface area contributed by atoms with Crippen LogP contribution in [0.2, 0.25) is 0 Å². The number of ether oxygens (including phenoxy) is 1. The fraction of sp³-hybridized carbons (Fsp3) is 0.529. The average molecular weight is 305 g/mol. The van der Waals surface area contributed by atoms with Gasteiger partial charge in [0.1, 0.15) is 5.75 Å². The number of carbonyl (C=O) groups is 2. The molecule has 120 valence electrons. The number of carboxylic acids is 1. The van der Waals surface area contributed by atoms with Crippen molar-refractivity contribution in [2.45, 2.75) is 33.6 Å². The first-order chi connectivity index (χ1) is 10.3. The summed E-state index contributed by atoms with van der Waals surface area (Å²) in [6.45, 7) is 6.84. The molecule has 0 radical (unpaired) electrons. The van der Waals surface area contributed by atoms with Crippen molar-refractivity contribution >= 4 is 11.9 Å². The molecule has 1 atom stereocenters. The summed E-state index contributed by atoms with van der Waals surface area (Å²) in [5.74, 6) is -0.129. The van der Waals surface area contributed by atoms with Gasteiger partial charge in [-0.25, -0.2) is 0 Å². The molecule has 1 aliphatic rings. The topological polar surface area (TPSA) is 66.8 Å². The van der Waals surface area contributed by atoms with Gasteiger partial charge in [0.05, 0.1) is 18.4 Å². The summed E-state index contributed by atoms with van der Waals surface area (Å²) in [5, 5.41) is 9.18. The molecule has 2 rings (SSSR count). The predicted molar refractivity (Wildman–Crippen MR) is 83.0 cm³/mol. The minimum atomic E-state index is -0.839. The van der Waals surface area contributed by atoms with Crippen LogP contribution in [0.5, 0.6) is 5.75 Å². The number of carboxylic acid groups (broad SMARTS) is 1. The number of rotatable bonds is 5. The second-order valence-electron chi connectivity index (χ2n) is 6.28. The van der Waals surface area contributed by atoms with Crippen molar-refractivity contribution in [2.75, 3.05) is 19.7 Å². The molecule has 0 spiro atoms. The molecular formula is C17H23NO4. The Morgan fingerprint density at radius 2 is 2.05 bits per heavy atom. The molecule has 5 nitrogen and oxygen atoms in total. The highest BCUT2D eigenvalue weighted by molar-refractivity contribution is 5.80. The molecule has 1 aliphatic heterocycles. The lowest BCUT2D eigenvalue weighted by atomic mass is 9.90. The lowest BCUT2D eigenvalue weighted by Crippen LogP contribution is -2.35. The molecule has 1 aromatic carbocycles. The number of amides is 1. The molecule has 1 aromatic rings. The fourth-order valence-corrected chi connectivity index (χ4v) is 2.57. The summed E-state index contributed by atoms with van der Waals surface area (Å²) < 4.78 is 5.61. The van der Waals surface area contributed by atoms with E-state index >= 15 is 0 Å². The van der Waals surface area contributed by atoms with Gasteiger partial charge in [-0.3, -0.25) is 9.59 Å². The first kappa shape index (κ1) is 16.3.